The predicted octanol–water partition coefficient (Wildman–Crippen LogP) is 3.59. The van der Waals surface area contributed by atoms with Gasteiger partial charge in [-0.1, -0.05) is 6.07 Å². The maximum absolute atomic E-state index is 11.7. The Bertz CT molecular complexity index is 1210. The summed E-state index contributed by atoms with van der Waals surface area (Å²) < 4.78 is 5.17. The molecular weight excluding hydrogens is 388 g/mol. The zero-order valence-electron chi connectivity index (χ0n) is 17.4. The molecular formula is C25H22N4O2. The smallest absolute Gasteiger partial charge is 0.338 e. The molecule has 2 aliphatic heterocycles. The average molecular weight is 410 g/mol. The van der Waals surface area contributed by atoms with Gasteiger partial charge >= 0.3 is 5.97 Å². The van der Waals surface area contributed by atoms with Crippen molar-refractivity contribution in [2.24, 2.45) is 0 Å². The van der Waals surface area contributed by atoms with Crippen molar-refractivity contribution in [1.29, 1.82) is 5.26 Å². The van der Waals surface area contributed by atoms with Gasteiger partial charge in [0.2, 0.25) is 0 Å². The van der Waals surface area contributed by atoms with Crippen molar-refractivity contribution >= 4 is 5.97 Å². The number of fused-ring (bicyclic) bond motifs is 2. The molecule has 0 radical (unpaired) electrons. The molecule has 154 valence electrons. The second-order valence-electron chi connectivity index (χ2n) is 8.08. The van der Waals surface area contributed by atoms with Gasteiger partial charge in [0.25, 0.3) is 0 Å². The van der Waals surface area contributed by atoms with E-state index >= 15 is 0 Å². The first-order chi connectivity index (χ1) is 15.1. The number of benzene rings is 2. The van der Waals surface area contributed by atoms with E-state index in [0.717, 1.165) is 49.3 Å². The van der Waals surface area contributed by atoms with Gasteiger partial charge in [0, 0.05) is 48.9 Å². The molecule has 6 nitrogen and oxygen atoms in total. The molecule has 0 amide bonds. The SMILES string of the molecule is Cc1c(CCN2CCc3nc(-c4ccc(C#N)cc4)ncc3C2)ccc2c1COC2=O. The normalized spacial score (nSPS) is 15.2. The highest BCUT2D eigenvalue weighted by molar-refractivity contribution is 5.93. The van der Waals surface area contributed by atoms with Crippen LogP contribution in [-0.4, -0.2) is 33.9 Å². The summed E-state index contributed by atoms with van der Waals surface area (Å²) in [7, 11) is 0. The highest BCUT2D eigenvalue weighted by Crippen LogP contribution is 2.27. The van der Waals surface area contributed by atoms with Crippen LogP contribution in [0.4, 0.5) is 0 Å². The molecule has 6 heteroatoms. The Morgan fingerprint density at radius 2 is 2.03 bits per heavy atom. The Morgan fingerprint density at radius 3 is 2.84 bits per heavy atom. The minimum atomic E-state index is -0.210. The highest BCUT2D eigenvalue weighted by atomic mass is 16.5. The Morgan fingerprint density at radius 1 is 1.19 bits per heavy atom. The van der Waals surface area contributed by atoms with Gasteiger partial charge in [-0.15, -0.1) is 0 Å². The van der Waals surface area contributed by atoms with Gasteiger partial charge in [-0.25, -0.2) is 14.8 Å². The van der Waals surface area contributed by atoms with Crippen molar-refractivity contribution in [2.45, 2.75) is 32.9 Å². The summed E-state index contributed by atoms with van der Waals surface area (Å²) >= 11 is 0. The quantitative estimate of drug-likeness (QED) is 0.612. The number of carbonyl (C=O) groups is 1. The summed E-state index contributed by atoms with van der Waals surface area (Å²) in [6.07, 6.45) is 3.77. The molecule has 5 rings (SSSR count). The minimum absolute atomic E-state index is 0.210. The van der Waals surface area contributed by atoms with Crippen molar-refractivity contribution in [3.63, 3.8) is 0 Å². The van der Waals surface area contributed by atoms with Gasteiger partial charge in [-0.2, -0.15) is 5.26 Å². The van der Waals surface area contributed by atoms with Crippen LogP contribution in [-0.2, 0) is 30.7 Å². The molecule has 0 saturated carbocycles. The van der Waals surface area contributed by atoms with Crippen LogP contribution < -0.4 is 0 Å². The lowest BCUT2D eigenvalue weighted by Crippen LogP contribution is -2.33. The zero-order valence-corrected chi connectivity index (χ0v) is 17.4. The Balaban J connectivity index is 1.26. The maximum Gasteiger partial charge on any atom is 0.338 e. The van der Waals surface area contributed by atoms with Crippen molar-refractivity contribution in [3.05, 3.63) is 81.7 Å². The largest absolute Gasteiger partial charge is 0.457 e. The number of nitrogens with zero attached hydrogens (tertiary/aromatic N) is 4. The molecule has 31 heavy (non-hydrogen) atoms. The van der Waals surface area contributed by atoms with E-state index in [2.05, 4.69) is 28.9 Å². The number of hydrogen-bond acceptors (Lipinski definition) is 6. The van der Waals surface area contributed by atoms with Crippen LogP contribution in [0.15, 0.2) is 42.6 Å². The minimum Gasteiger partial charge on any atom is -0.457 e. The van der Waals surface area contributed by atoms with Crippen molar-refractivity contribution in [1.82, 2.24) is 14.9 Å². The van der Waals surface area contributed by atoms with E-state index in [4.69, 9.17) is 15.0 Å². The van der Waals surface area contributed by atoms with Crippen LogP contribution in [0.5, 0.6) is 0 Å². The fourth-order valence-corrected chi connectivity index (χ4v) is 4.35. The monoisotopic (exact) mass is 410 g/mol. The number of rotatable bonds is 4. The van der Waals surface area contributed by atoms with Gasteiger partial charge in [0.1, 0.15) is 6.61 Å². The third-order valence-electron chi connectivity index (χ3n) is 6.26. The van der Waals surface area contributed by atoms with Crippen LogP contribution in [0.3, 0.4) is 0 Å². The summed E-state index contributed by atoms with van der Waals surface area (Å²) in [5.74, 6) is 0.500. The maximum atomic E-state index is 11.7. The Hall–Kier alpha value is -3.56. The van der Waals surface area contributed by atoms with Gasteiger partial charge in [-0.3, -0.25) is 4.90 Å². The molecule has 2 aliphatic rings. The third kappa shape index (κ3) is 3.69. The average Bonchev–Trinajstić information content (AvgIpc) is 3.19. The van der Waals surface area contributed by atoms with E-state index in [9.17, 15) is 4.79 Å². The van der Waals surface area contributed by atoms with Gasteiger partial charge < -0.3 is 4.74 Å². The van der Waals surface area contributed by atoms with Crippen molar-refractivity contribution in [2.75, 3.05) is 13.1 Å². The lowest BCUT2D eigenvalue weighted by atomic mass is 9.96. The lowest BCUT2D eigenvalue weighted by molar-refractivity contribution is 0.0535. The first-order valence-electron chi connectivity index (χ1n) is 10.5. The number of carbonyl (C=O) groups excluding carboxylic acids is 1. The van der Waals surface area contributed by atoms with E-state index in [-0.39, 0.29) is 5.97 Å². The zero-order chi connectivity index (χ0) is 21.4. The summed E-state index contributed by atoms with van der Waals surface area (Å²) in [5, 5.41) is 8.96. The van der Waals surface area contributed by atoms with Gasteiger partial charge in [0.05, 0.1) is 22.9 Å². The van der Waals surface area contributed by atoms with Gasteiger partial charge in [-0.05, 0) is 54.8 Å². The molecule has 0 atom stereocenters. The Kier molecular flexibility index (Phi) is 4.97. The molecule has 0 unspecified atom stereocenters. The second kappa shape index (κ2) is 7.93. The van der Waals surface area contributed by atoms with Crippen LogP contribution in [0.2, 0.25) is 0 Å². The predicted molar refractivity (Wildman–Crippen MR) is 115 cm³/mol. The number of hydrogen-bond donors (Lipinski definition) is 0. The number of aromatic nitrogens is 2. The summed E-state index contributed by atoms with van der Waals surface area (Å²) in [5.41, 5.74) is 8.04. The fourth-order valence-electron chi connectivity index (χ4n) is 4.35. The molecule has 0 fully saturated rings. The molecule has 3 aromatic rings. The molecule has 1 aromatic heterocycles. The molecule has 2 aromatic carbocycles. The summed E-state index contributed by atoms with van der Waals surface area (Å²) in [6, 6.07) is 13.5. The first-order valence-corrected chi connectivity index (χ1v) is 10.5. The number of nitriles is 1. The van der Waals surface area contributed by atoms with E-state index in [1.807, 2.05) is 24.4 Å². The molecule has 0 N–H and O–H groups in total. The summed E-state index contributed by atoms with van der Waals surface area (Å²) in [4.78, 5) is 23.5. The van der Waals surface area contributed by atoms with E-state index in [1.165, 1.54) is 16.7 Å². The van der Waals surface area contributed by atoms with Crippen molar-refractivity contribution < 1.29 is 9.53 Å². The second-order valence-corrected chi connectivity index (χ2v) is 8.08. The van der Waals surface area contributed by atoms with E-state index in [0.29, 0.717) is 23.6 Å². The molecule has 3 heterocycles. The van der Waals surface area contributed by atoms with Crippen molar-refractivity contribution in [3.8, 4) is 17.5 Å². The molecule has 0 aliphatic carbocycles. The molecule has 0 bridgehead atoms. The third-order valence-corrected chi connectivity index (χ3v) is 6.26. The molecule has 0 saturated heterocycles. The van der Waals surface area contributed by atoms with Gasteiger partial charge in [0.15, 0.2) is 5.82 Å². The fraction of sp³-hybridized carbons (Fsp3) is 0.280. The topological polar surface area (TPSA) is 79.1 Å². The number of cyclic esters (lactones) is 1. The standard InChI is InChI=1S/C25H22N4O2/c1-16-18(6-7-21-22(16)15-31-25(21)30)8-10-29-11-9-23-20(14-29)13-27-24(28-23)19-4-2-17(12-26)3-5-19/h2-7,13H,8-11,14-15H2,1H3. The lowest BCUT2D eigenvalue weighted by Gasteiger charge is -2.28. The summed E-state index contributed by atoms with van der Waals surface area (Å²) in [6.45, 7) is 5.23. The van der Waals surface area contributed by atoms with Crippen LogP contribution >= 0.6 is 0 Å². The van der Waals surface area contributed by atoms with Crippen LogP contribution in [0.1, 0.15) is 43.9 Å². The molecule has 0 spiro atoms. The van der Waals surface area contributed by atoms with Crippen LogP contribution in [0.25, 0.3) is 11.4 Å². The van der Waals surface area contributed by atoms with E-state index in [1.54, 1.807) is 12.1 Å². The number of ether oxygens (including phenoxy) is 1. The Labute approximate surface area is 181 Å². The first kappa shape index (κ1) is 19.4. The van der Waals surface area contributed by atoms with E-state index < -0.39 is 0 Å². The van der Waals surface area contributed by atoms with Crippen LogP contribution in [0, 0.1) is 18.3 Å². The highest BCUT2D eigenvalue weighted by Gasteiger charge is 2.24. The number of esters is 1.